The molecule has 5 aromatic rings. The van der Waals surface area contributed by atoms with Gasteiger partial charge >= 0.3 is 0 Å². The Bertz CT molecular complexity index is 1640. The van der Waals surface area contributed by atoms with Gasteiger partial charge in [0.15, 0.2) is 11.6 Å². The second-order valence-corrected chi connectivity index (χ2v) is 7.98. The first kappa shape index (κ1) is 22.9. The van der Waals surface area contributed by atoms with E-state index >= 15 is 0 Å². The lowest BCUT2D eigenvalue weighted by Crippen LogP contribution is -2.24. The van der Waals surface area contributed by atoms with Crippen LogP contribution in [0, 0.1) is 12.7 Å². The smallest absolute Gasteiger partial charge is 0.284 e. The normalized spacial score (nSPS) is 10.9. The topological polar surface area (TPSA) is 98.2 Å². The second kappa shape index (κ2) is 9.38. The summed E-state index contributed by atoms with van der Waals surface area (Å²) in [6.45, 7) is 1.63. The molecule has 0 radical (unpaired) electrons. The summed E-state index contributed by atoms with van der Waals surface area (Å²) in [4.78, 5) is 30.0. The molecule has 0 unspecified atom stereocenters. The highest BCUT2D eigenvalue weighted by Crippen LogP contribution is 2.32. The Morgan fingerprint density at radius 1 is 1.03 bits per heavy atom. The number of halogens is 1. The van der Waals surface area contributed by atoms with Crippen LogP contribution in [-0.4, -0.2) is 27.8 Å². The van der Waals surface area contributed by atoms with Gasteiger partial charge in [-0.2, -0.15) is 0 Å². The summed E-state index contributed by atoms with van der Waals surface area (Å²) in [5.41, 5.74) is 1.25. The minimum absolute atomic E-state index is 0.0272. The van der Waals surface area contributed by atoms with E-state index in [0.717, 1.165) is 6.07 Å². The number of para-hydroxylation sites is 1. The molecule has 0 bridgehead atoms. The molecule has 0 saturated carbocycles. The highest BCUT2D eigenvalue weighted by atomic mass is 19.1. The lowest BCUT2D eigenvalue weighted by molar-refractivity contribution is 0.102. The summed E-state index contributed by atoms with van der Waals surface area (Å²) in [6, 6.07) is 19.9. The average molecular weight is 484 g/mol. The van der Waals surface area contributed by atoms with Crippen LogP contribution in [0.4, 0.5) is 10.1 Å². The number of hydrogen-bond acceptors (Lipinski definition) is 5. The van der Waals surface area contributed by atoms with Crippen molar-refractivity contribution in [2.24, 2.45) is 0 Å². The van der Waals surface area contributed by atoms with Crippen LogP contribution in [0.2, 0.25) is 0 Å². The highest BCUT2D eigenvalue weighted by Gasteiger charge is 2.20. The quantitative estimate of drug-likeness (QED) is 0.345. The lowest BCUT2D eigenvalue weighted by Gasteiger charge is -2.11. The Morgan fingerprint density at radius 3 is 2.58 bits per heavy atom. The second-order valence-electron chi connectivity index (χ2n) is 7.98. The van der Waals surface area contributed by atoms with Crippen molar-refractivity contribution >= 4 is 22.5 Å². The number of aromatic nitrogens is 3. The van der Waals surface area contributed by atoms with E-state index in [1.165, 1.54) is 16.8 Å². The largest absolute Gasteiger partial charge is 0.497 e. The van der Waals surface area contributed by atoms with Gasteiger partial charge in [0.2, 0.25) is 0 Å². The SMILES string of the molecule is COc1ccc2c(Oc3ccc(NC(=O)c4c(C)[nH]n(-c5ccccc5)c4=O)cc3F)ccnc2c1. The number of ether oxygens (including phenoxy) is 2. The van der Waals surface area contributed by atoms with E-state index in [1.807, 2.05) is 6.07 Å². The minimum Gasteiger partial charge on any atom is -0.497 e. The van der Waals surface area contributed by atoms with Crippen molar-refractivity contribution in [2.45, 2.75) is 6.92 Å². The van der Waals surface area contributed by atoms with Crippen LogP contribution in [0.15, 0.2) is 83.8 Å². The number of pyridine rings is 1. The van der Waals surface area contributed by atoms with E-state index in [0.29, 0.717) is 33.8 Å². The minimum atomic E-state index is -0.682. The van der Waals surface area contributed by atoms with Crippen molar-refractivity contribution in [3.8, 4) is 22.9 Å². The van der Waals surface area contributed by atoms with Gasteiger partial charge in [-0.25, -0.2) is 9.07 Å². The monoisotopic (exact) mass is 484 g/mol. The van der Waals surface area contributed by atoms with Gasteiger partial charge in [-0.3, -0.25) is 19.7 Å². The fraction of sp³-hybridized carbons (Fsp3) is 0.0741. The number of anilines is 1. The zero-order valence-corrected chi connectivity index (χ0v) is 19.4. The molecule has 0 saturated heterocycles. The number of aryl methyl sites for hydroxylation is 1. The number of carbonyl (C=O) groups excluding carboxylic acids is 1. The summed E-state index contributed by atoms with van der Waals surface area (Å²) in [7, 11) is 1.56. The van der Waals surface area contributed by atoms with Crippen LogP contribution in [-0.2, 0) is 0 Å². The van der Waals surface area contributed by atoms with E-state index in [9.17, 15) is 14.0 Å². The Kier molecular flexibility index (Phi) is 5.95. The number of benzene rings is 3. The van der Waals surface area contributed by atoms with Crippen LogP contribution in [0.25, 0.3) is 16.6 Å². The lowest BCUT2D eigenvalue weighted by atomic mass is 10.2. The molecule has 8 nitrogen and oxygen atoms in total. The molecule has 2 N–H and O–H groups in total. The third-order valence-electron chi connectivity index (χ3n) is 5.63. The number of methoxy groups -OCH3 is 1. The fourth-order valence-corrected chi connectivity index (χ4v) is 3.86. The van der Waals surface area contributed by atoms with Crippen LogP contribution >= 0.6 is 0 Å². The van der Waals surface area contributed by atoms with Gasteiger partial charge in [-0.05, 0) is 49.4 Å². The number of rotatable bonds is 6. The van der Waals surface area contributed by atoms with Crippen molar-refractivity contribution in [3.63, 3.8) is 0 Å². The Labute approximate surface area is 204 Å². The molecule has 1 amide bonds. The molecule has 0 spiro atoms. The molecule has 9 heteroatoms. The number of H-pyrrole nitrogens is 1. The maximum absolute atomic E-state index is 14.9. The van der Waals surface area contributed by atoms with Gasteiger partial charge in [0.1, 0.15) is 17.1 Å². The number of aromatic amines is 1. The molecule has 0 aliphatic rings. The van der Waals surface area contributed by atoms with Crippen molar-refractivity contribution < 1.29 is 18.7 Å². The molecule has 5 rings (SSSR count). The van der Waals surface area contributed by atoms with E-state index < -0.39 is 17.3 Å². The maximum atomic E-state index is 14.9. The van der Waals surface area contributed by atoms with Crippen LogP contribution in [0.5, 0.6) is 17.2 Å². The standard InChI is InChI=1S/C27H21FN4O4/c1-16-25(27(34)32(31-16)18-6-4-3-5-7-18)26(33)30-17-8-11-24(21(28)14-17)36-23-12-13-29-22-15-19(35-2)9-10-20(22)23/h3-15,31H,1-2H3,(H,30,33). The van der Waals surface area contributed by atoms with E-state index in [-0.39, 0.29) is 17.0 Å². The van der Waals surface area contributed by atoms with Gasteiger partial charge in [0, 0.05) is 35.1 Å². The number of nitrogens with zero attached hydrogens (tertiary/aromatic N) is 2. The average Bonchev–Trinajstić information content (AvgIpc) is 3.19. The van der Waals surface area contributed by atoms with E-state index in [4.69, 9.17) is 9.47 Å². The molecule has 180 valence electrons. The molecule has 3 aromatic carbocycles. The molecule has 0 atom stereocenters. The Hall–Kier alpha value is -4.92. The Morgan fingerprint density at radius 2 is 1.83 bits per heavy atom. The molecule has 2 heterocycles. The van der Waals surface area contributed by atoms with Crippen molar-refractivity contribution in [1.82, 2.24) is 14.8 Å². The number of carbonyl (C=O) groups is 1. The third kappa shape index (κ3) is 4.29. The first-order valence-electron chi connectivity index (χ1n) is 11.0. The van der Waals surface area contributed by atoms with Crippen molar-refractivity contribution in [1.29, 1.82) is 0 Å². The third-order valence-corrected chi connectivity index (χ3v) is 5.63. The number of nitrogens with one attached hydrogen (secondary N) is 2. The molecule has 0 aliphatic heterocycles. The first-order valence-corrected chi connectivity index (χ1v) is 11.0. The molecular formula is C27H21FN4O4. The summed E-state index contributed by atoms with van der Waals surface area (Å²) in [5.74, 6) is -0.292. The van der Waals surface area contributed by atoms with Gasteiger partial charge in [0.25, 0.3) is 11.5 Å². The van der Waals surface area contributed by atoms with E-state index in [1.54, 1.807) is 68.8 Å². The summed E-state index contributed by atoms with van der Waals surface area (Å²) in [5, 5.41) is 6.18. The molecule has 2 aromatic heterocycles. The summed E-state index contributed by atoms with van der Waals surface area (Å²) in [6.07, 6.45) is 1.56. The number of amides is 1. The van der Waals surface area contributed by atoms with Gasteiger partial charge in [0.05, 0.1) is 18.3 Å². The van der Waals surface area contributed by atoms with Crippen molar-refractivity contribution in [2.75, 3.05) is 12.4 Å². The molecular weight excluding hydrogens is 463 g/mol. The van der Waals surface area contributed by atoms with Crippen LogP contribution < -0.4 is 20.3 Å². The predicted molar refractivity (Wildman–Crippen MR) is 134 cm³/mol. The maximum Gasteiger partial charge on any atom is 0.284 e. The van der Waals surface area contributed by atoms with E-state index in [2.05, 4.69) is 15.4 Å². The van der Waals surface area contributed by atoms with Gasteiger partial charge in [-0.1, -0.05) is 18.2 Å². The summed E-state index contributed by atoms with van der Waals surface area (Å²) < 4.78 is 27.2. The van der Waals surface area contributed by atoms with Crippen LogP contribution in [0.1, 0.15) is 16.1 Å². The highest BCUT2D eigenvalue weighted by molar-refractivity contribution is 6.04. The number of hydrogen-bond donors (Lipinski definition) is 2. The van der Waals surface area contributed by atoms with Gasteiger partial charge in [-0.15, -0.1) is 0 Å². The molecule has 0 aliphatic carbocycles. The first-order chi connectivity index (χ1) is 17.4. The zero-order valence-electron chi connectivity index (χ0n) is 19.4. The van der Waals surface area contributed by atoms with Gasteiger partial charge < -0.3 is 14.8 Å². The molecule has 0 fully saturated rings. The molecule has 36 heavy (non-hydrogen) atoms. The fourth-order valence-electron chi connectivity index (χ4n) is 3.86. The Balaban J connectivity index is 1.37. The predicted octanol–water partition coefficient (Wildman–Crippen LogP) is 5.21. The number of fused-ring (bicyclic) bond motifs is 1. The summed E-state index contributed by atoms with van der Waals surface area (Å²) >= 11 is 0. The zero-order chi connectivity index (χ0) is 25.2. The van der Waals surface area contributed by atoms with Crippen molar-refractivity contribution in [3.05, 3.63) is 106 Å². The van der Waals surface area contributed by atoms with Crippen LogP contribution in [0.3, 0.4) is 0 Å².